The number of furan rings is 1. The van der Waals surface area contributed by atoms with Crippen LogP contribution < -0.4 is 10.5 Å². The zero-order valence-corrected chi connectivity index (χ0v) is 14.1. The largest absolute Gasteiger partial charge is 0.460 e. The number of H-pyrrole nitrogens is 1. The molecule has 4 rings (SSSR count). The molecule has 134 valence electrons. The molecule has 0 radical (unpaired) electrons. The molecule has 1 aromatic carbocycles. The number of nitrogens with one attached hydrogen (secondary N) is 1. The summed E-state index contributed by atoms with van der Waals surface area (Å²) in [4.78, 5) is 10.3. The predicted molar refractivity (Wildman–Crippen MR) is 93.4 cm³/mol. The van der Waals surface area contributed by atoms with Crippen LogP contribution in [0.1, 0.15) is 22.9 Å². The van der Waals surface area contributed by atoms with Crippen molar-refractivity contribution in [3.63, 3.8) is 0 Å². The minimum atomic E-state index is -0.552. The molecule has 3 heterocycles. The van der Waals surface area contributed by atoms with Gasteiger partial charge in [0.1, 0.15) is 23.2 Å². The maximum Gasteiger partial charge on any atom is 0.269 e. The topological polar surface area (TPSA) is 144 Å². The Labute approximate surface area is 152 Å². The summed E-state index contributed by atoms with van der Waals surface area (Å²) in [6.07, 6.45) is 0. The first kappa shape index (κ1) is 16.4. The van der Waals surface area contributed by atoms with Crippen LogP contribution in [0.5, 0.6) is 5.88 Å². The van der Waals surface area contributed by atoms with Gasteiger partial charge in [-0.2, -0.15) is 5.26 Å². The number of nitriles is 1. The molecular formula is C18H13N5O4. The van der Waals surface area contributed by atoms with Crippen molar-refractivity contribution in [3.8, 4) is 23.3 Å². The van der Waals surface area contributed by atoms with Gasteiger partial charge in [0.05, 0.1) is 16.4 Å². The first-order valence-corrected chi connectivity index (χ1v) is 7.96. The zero-order valence-electron chi connectivity index (χ0n) is 14.1. The quantitative estimate of drug-likeness (QED) is 0.537. The van der Waals surface area contributed by atoms with Crippen molar-refractivity contribution in [2.45, 2.75) is 12.8 Å². The summed E-state index contributed by atoms with van der Waals surface area (Å²) < 4.78 is 11.4. The molecule has 3 aromatic rings. The zero-order chi connectivity index (χ0) is 19.1. The van der Waals surface area contributed by atoms with Gasteiger partial charge in [-0.1, -0.05) is 0 Å². The third-order valence-electron chi connectivity index (χ3n) is 4.40. The Bertz CT molecular complexity index is 1120. The third-order valence-corrected chi connectivity index (χ3v) is 4.40. The van der Waals surface area contributed by atoms with E-state index >= 15 is 0 Å². The van der Waals surface area contributed by atoms with Crippen molar-refractivity contribution >= 4 is 5.69 Å². The number of aryl methyl sites for hydroxylation is 1. The predicted octanol–water partition coefficient (Wildman–Crippen LogP) is 3.10. The van der Waals surface area contributed by atoms with Crippen molar-refractivity contribution in [2.75, 3.05) is 0 Å². The Balaban J connectivity index is 1.77. The molecular weight excluding hydrogens is 350 g/mol. The van der Waals surface area contributed by atoms with Gasteiger partial charge in [0.2, 0.25) is 11.8 Å². The number of hydrogen-bond acceptors (Lipinski definition) is 7. The summed E-state index contributed by atoms with van der Waals surface area (Å²) in [5, 5.41) is 27.2. The molecule has 0 saturated heterocycles. The minimum Gasteiger partial charge on any atom is -0.460 e. The molecule has 1 atom stereocenters. The average Bonchev–Trinajstić information content (AvgIpc) is 3.28. The number of ether oxygens (including phenoxy) is 1. The highest BCUT2D eigenvalue weighted by Crippen LogP contribution is 2.43. The Kier molecular flexibility index (Phi) is 3.67. The van der Waals surface area contributed by atoms with Crippen molar-refractivity contribution in [1.29, 1.82) is 5.26 Å². The second-order valence-corrected chi connectivity index (χ2v) is 6.00. The number of nitrogens with zero attached hydrogens (tertiary/aromatic N) is 3. The van der Waals surface area contributed by atoms with Gasteiger partial charge in [0.15, 0.2) is 0 Å². The molecule has 1 unspecified atom stereocenters. The fourth-order valence-electron chi connectivity index (χ4n) is 3.09. The van der Waals surface area contributed by atoms with Gasteiger partial charge in [-0.15, -0.1) is 5.10 Å². The second kappa shape index (κ2) is 6.03. The number of rotatable bonds is 3. The van der Waals surface area contributed by atoms with Gasteiger partial charge >= 0.3 is 0 Å². The maximum absolute atomic E-state index is 10.8. The third kappa shape index (κ3) is 2.60. The van der Waals surface area contributed by atoms with Crippen LogP contribution in [0.4, 0.5) is 5.69 Å². The van der Waals surface area contributed by atoms with Crippen LogP contribution in [0.3, 0.4) is 0 Å². The fraction of sp³-hybridized carbons (Fsp3) is 0.111. The number of nitro groups is 1. The summed E-state index contributed by atoms with van der Waals surface area (Å²) in [6, 6.07) is 11.6. The molecule has 1 aliphatic rings. The number of non-ortho nitro benzene ring substituents is 1. The Morgan fingerprint density at radius 1 is 1.30 bits per heavy atom. The van der Waals surface area contributed by atoms with E-state index in [0.717, 1.165) is 5.69 Å². The summed E-state index contributed by atoms with van der Waals surface area (Å²) in [7, 11) is 0. The number of aromatic amines is 1. The van der Waals surface area contributed by atoms with Gasteiger partial charge in [0.25, 0.3) is 5.69 Å². The number of aromatic nitrogens is 2. The lowest BCUT2D eigenvalue weighted by atomic mass is 9.88. The van der Waals surface area contributed by atoms with Crippen molar-refractivity contribution in [2.24, 2.45) is 5.73 Å². The lowest BCUT2D eigenvalue weighted by Gasteiger charge is -2.21. The highest BCUT2D eigenvalue weighted by molar-refractivity contribution is 5.61. The highest BCUT2D eigenvalue weighted by atomic mass is 16.6. The molecule has 9 heteroatoms. The molecule has 9 nitrogen and oxygen atoms in total. The van der Waals surface area contributed by atoms with E-state index < -0.39 is 10.8 Å². The fourth-order valence-corrected chi connectivity index (χ4v) is 3.09. The molecule has 0 bridgehead atoms. The molecule has 27 heavy (non-hydrogen) atoms. The Morgan fingerprint density at radius 3 is 2.70 bits per heavy atom. The lowest BCUT2D eigenvalue weighted by Crippen LogP contribution is -2.20. The van der Waals surface area contributed by atoms with Crippen LogP contribution in [-0.4, -0.2) is 15.1 Å². The standard InChI is InChI=1S/C18H13N5O4/c1-9-15-16(12(8-19)17(20)27-18(15)22-21-9)14-7-6-13(26-14)10-2-4-11(5-3-10)23(24)25/h2-7,16H,20H2,1H3,(H,21,22). The average molecular weight is 363 g/mol. The van der Waals surface area contributed by atoms with Crippen LogP contribution in [0.2, 0.25) is 0 Å². The summed E-state index contributed by atoms with van der Waals surface area (Å²) in [5.74, 6) is 0.753. The van der Waals surface area contributed by atoms with Crippen LogP contribution >= 0.6 is 0 Å². The monoisotopic (exact) mass is 363 g/mol. The summed E-state index contributed by atoms with van der Waals surface area (Å²) in [5.41, 5.74) is 8.21. The normalized spacial score (nSPS) is 15.8. The Morgan fingerprint density at radius 2 is 2.04 bits per heavy atom. The maximum atomic E-state index is 10.8. The van der Waals surface area contributed by atoms with Crippen LogP contribution in [-0.2, 0) is 0 Å². The van der Waals surface area contributed by atoms with E-state index in [2.05, 4.69) is 16.3 Å². The molecule has 1 aliphatic heterocycles. The number of allylic oxidation sites excluding steroid dienone is 1. The van der Waals surface area contributed by atoms with E-state index in [1.165, 1.54) is 12.1 Å². The van der Waals surface area contributed by atoms with E-state index in [-0.39, 0.29) is 17.1 Å². The second-order valence-electron chi connectivity index (χ2n) is 6.00. The van der Waals surface area contributed by atoms with E-state index in [4.69, 9.17) is 14.9 Å². The van der Waals surface area contributed by atoms with Gasteiger partial charge in [0, 0.05) is 23.4 Å². The molecule has 3 N–H and O–H groups in total. The van der Waals surface area contributed by atoms with E-state index in [9.17, 15) is 15.4 Å². The van der Waals surface area contributed by atoms with Crippen molar-refractivity contribution < 1.29 is 14.1 Å². The molecule has 0 spiro atoms. The van der Waals surface area contributed by atoms with E-state index in [1.54, 1.807) is 24.3 Å². The van der Waals surface area contributed by atoms with Crippen LogP contribution in [0, 0.1) is 28.4 Å². The minimum absolute atomic E-state index is 0.00361. The summed E-state index contributed by atoms with van der Waals surface area (Å²) >= 11 is 0. The SMILES string of the molecule is Cc1[nH]nc2c1C(c1ccc(-c3ccc([N+](=O)[O-])cc3)o1)C(C#N)=C(N)O2. The van der Waals surface area contributed by atoms with Crippen molar-refractivity contribution in [3.05, 3.63) is 75.0 Å². The number of benzene rings is 1. The highest BCUT2D eigenvalue weighted by Gasteiger charge is 2.36. The number of fused-ring (bicyclic) bond motifs is 1. The molecule has 0 aliphatic carbocycles. The smallest absolute Gasteiger partial charge is 0.269 e. The van der Waals surface area contributed by atoms with Gasteiger partial charge in [-0.25, -0.2) is 0 Å². The number of nitro benzene ring substituents is 1. The molecule has 0 saturated carbocycles. The lowest BCUT2D eigenvalue weighted by molar-refractivity contribution is -0.384. The molecule has 0 amide bonds. The Hall–Kier alpha value is -4.06. The van der Waals surface area contributed by atoms with Crippen molar-refractivity contribution in [1.82, 2.24) is 10.2 Å². The van der Waals surface area contributed by atoms with E-state index in [1.807, 2.05) is 6.92 Å². The molecule has 2 aromatic heterocycles. The van der Waals surface area contributed by atoms with Crippen LogP contribution in [0.15, 0.2) is 52.3 Å². The van der Waals surface area contributed by atoms with Gasteiger partial charge in [-0.05, 0) is 31.2 Å². The first-order chi connectivity index (χ1) is 13.0. The summed E-state index contributed by atoms with van der Waals surface area (Å²) in [6.45, 7) is 1.82. The van der Waals surface area contributed by atoms with Gasteiger partial charge < -0.3 is 14.9 Å². The molecule has 0 fully saturated rings. The number of hydrogen-bond donors (Lipinski definition) is 2. The first-order valence-electron chi connectivity index (χ1n) is 7.96. The van der Waals surface area contributed by atoms with Crippen LogP contribution in [0.25, 0.3) is 11.3 Å². The van der Waals surface area contributed by atoms with E-state index in [0.29, 0.717) is 28.5 Å². The van der Waals surface area contributed by atoms with Gasteiger partial charge in [-0.3, -0.25) is 15.2 Å². The number of nitrogens with two attached hydrogens (primary N) is 1.